The Bertz CT molecular complexity index is 543. The number of carbonyl (C=O) groups is 1. The number of carbonyl (C=O) groups excluding carboxylic acids is 1. The number of amides is 1. The quantitative estimate of drug-likeness (QED) is 0.732. The molecule has 6 nitrogen and oxygen atoms in total. The Labute approximate surface area is 104 Å². The number of nitrogen functional groups attached to an aromatic ring is 1. The third-order valence-electron chi connectivity index (χ3n) is 2.37. The van der Waals surface area contributed by atoms with E-state index in [1.54, 1.807) is 18.2 Å². The Morgan fingerprint density at radius 1 is 1.22 bits per heavy atom. The molecule has 1 aromatic heterocycles. The highest BCUT2D eigenvalue weighted by molar-refractivity contribution is 5.84. The molecule has 0 fully saturated rings. The molecule has 18 heavy (non-hydrogen) atoms. The first kappa shape index (κ1) is 11.8. The van der Waals surface area contributed by atoms with Gasteiger partial charge in [-0.1, -0.05) is 30.3 Å². The van der Waals surface area contributed by atoms with Gasteiger partial charge in [-0.2, -0.15) is 4.98 Å². The summed E-state index contributed by atoms with van der Waals surface area (Å²) in [5.74, 6) is 0.0821. The number of primary amides is 1. The molecule has 6 heteroatoms. The van der Waals surface area contributed by atoms with Crippen molar-refractivity contribution in [2.45, 2.75) is 6.04 Å². The zero-order valence-electron chi connectivity index (χ0n) is 9.58. The standard InChI is InChI=1S/C12H13N5O/c13-9-6-7-15-12(16-9)17-10(11(14)18)8-4-2-1-3-5-8/h1-7,10H,(H2,14,18)(H3,13,15,16,17). The molecular weight excluding hydrogens is 230 g/mol. The number of hydrogen-bond acceptors (Lipinski definition) is 5. The summed E-state index contributed by atoms with van der Waals surface area (Å²) in [5.41, 5.74) is 11.7. The van der Waals surface area contributed by atoms with Crippen LogP contribution in [-0.4, -0.2) is 15.9 Å². The topological polar surface area (TPSA) is 107 Å². The number of benzene rings is 1. The molecule has 1 unspecified atom stereocenters. The number of nitrogens with zero attached hydrogens (tertiary/aromatic N) is 2. The molecule has 0 aliphatic carbocycles. The second-order valence-electron chi connectivity index (χ2n) is 3.70. The molecule has 0 saturated heterocycles. The molecule has 1 heterocycles. The summed E-state index contributed by atoms with van der Waals surface area (Å²) in [7, 11) is 0. The highest BCUT2D eigenvalue weighted by Gasteiger charge is 2.18. The van der Waals surface area contributed by atoms with Gasteiger partial charge < -0.3 is 16.8 Å². The lowest BCUT2D eigenvalue weighted by Crippen LogP contribution is -2.28. The largest absolute Gasteiger partial charge is 0.384 e. The second-order valence-corrected chi connectivity index (χ2v) is 3.70. The molecule has 2 rings (SSSR count). The molecule has 0 spiro atoms. The van der Waals surface area contributed by atoms with E-state index in [0.717, 1.165) is 5.56 Å². The third kappa shape index (κ3) is 2.73. The first-order valence-corrected chi connectivity index (χ1v) is 5.36. The number of nitrogens with one attached hydrogen (secondary N) is 1. The molecule has 5 N–H and O–H groups in total. The second kappa shape index (κ2) is 5.13. The summed E-state index contributed by atoms with van der Waals surface area (Å²) in [4.78, 5) is 19.4. The lowest BCUT2D eigenvalue weighted by molar-refractivity contribution is -0.118. The van der Waals surface area contributed by atoms with Crippen molar-refractivity contribution in [3.8, 4) is 0 Å². The predicted octanol–water partition coefficient (Wildman–Crippen LogP) is 0.697. The van der Waals surface area contributed by atoms with Gasteiger partial charge in [-0.3, -0.25) is 4.79 Å². The number of aromatic nitrogens is 2. The minimum atomic E-state index is -0.687. The van der Waals surface area contributed by atoms with E-state index in [1.165, 1.54) is 6.20 Å². The van der Waals surface area contributed by atoms with Gasteiger partial charge in [0, 0.05) is 6.20 Å². The summed E-state index contributed by atoms with van der Waals surface area (Å²) in [6.07, 6.45) is 1.51. The Kier molecular flexibility index (Phi) is 3.38. The number of rotatable bonds is 4. The maximum atomic E-state index is 11.5. The van der Waals surface area contributed by atoms with Crippen molar-refractivity contribution in [3.05, 3.63) is 48.2 Å². The van der Waals surface area contributed by atoms with E-state index in [-0.39, 0.29) is 5.95 Å². The average Bonchev–Trinajstić information content (AvgIpc) is 2.37. The van der Waals surface area contributed by atoms with E-state index in [1.807, 2.05) is 18.2 Å². The molecular formula is C12H13N5O. The van der Waals surface area contributed by atoms with Gasteiger partial charge in [-0.15, -0.1) is 0 Å². The third-order valence-corrected chi connectivity index (χ3v) is 2.37. The number of anilines is 2. The van der Waals surface area contributed by atoms with Crippen LogP contribution < -0.4 is 16.8 Å². The van der Waals surface area contributed by atoms with E-state index >= 15 is 0 Å². The predicted molar refractivity (Wildman–Crippen MR) is 68.4 cm³/mol. The van der Waals surface area contributed by atoms with E-state index < -0.39 is 11.9 Å². The van der Waals surface area contributed by atoms with Crippen molar-refractivity contribution in [1.29, 1.82) is 0 Å². The number of hydrogen-bond donors (Lipinski definition) is 3. The minimum Gasteiger partial charge on any atom is -0.384 e. The highest BCUT2D eigenvalue weighted by atomic mass is 16.1. The fourth-order valence-electron chi connectivity index (χ4n) is 1.54. The van der Waals surface area contributed by atoms with Gasteiger partial charge in [0.1, 0.15) is 11.9 Å². The Hall–Kier alpha value is -2.63. The van der Waals surface area contributed by atoms with Gasteiger partial charge in [-0.25, -0.2) is 4.98 Å². The van der Waals surface area contributed by atoms with Crippen molar-refractivity contribution < 1.29 is 4.79 Å². The van der Waals surface area contributed by atoms with Crippen LogP contribution in [0.2, 0.25) is 0 Å². The summed E-state index contributed by atoms with van der Waals surface area (Å²) >= 11 is 0. The lowest BCUT2D eigenvalue weighted by Gasteiger charge is -2.15. The van der Waals surface area contributed by atoms with Crippen LogP contribution in [0.4, 0.5) is 11.8 Å². The first-order valence-electron chi connectivity index (χ1n) is 5.36. The summed E-state index contributed by atoms with van der Waals surface area (Å²) in [5, 5.41) is 2.86. The van der Waals surface area contributed by atoms with Crippen molar-refractivity contribution in [1.82, 2.24) is 9.97 Å². The van der Waals surface area contributed by atoms with Gasteiger partial charge in [0.2, 0.25) is 11.9 Å². The molecule has 92 valence electrons. The van der Waals surface area contributed by atoms with Crippen molar-refractivity contribution in [2.75, 3.05) is 11.1 Å². The lowest BCUT2D eigenvalue weighted by atomic mass is 10.1. The summed E-state index contributed by atoms with van der Waals surface area (Å²) in [6.45, 7) is 0. The zero-order valence-corrected chi connectivity index (χ0v) is 9.58. The van der Waals surface area contributed by atoms with Gasteiger partial charge in [-0.05, 0) is 11.6 Å². The molecule has 0 saturated carbocycles. The Balaban J connectivity index is 2.25. The van der Waals surface area contributed by atoms with Gasteiger partial charge in [0.05, 0.1) is 0 Å². The fourth-order valence-corrected chi connectivity index (χ4v) is 1.54. The highest BCUT2D eigenvalue weighted by Crippen LogP contribution is 2.16. The molecule has 2 aromatic rings. The first-order chi connectivity index (χ1) is 8.66. The van der Waals surface area contributed by atoms with Crippen LogP contribution in [0.15, 0.2) is 42.6 Å². The molecule has 1 aromatic carbocycles. The molecule has 0 aliphatic rings. The van der Waals surface area contributed by atoms with Crippen LogP contribution in [0, 0.1) is 0 Å². The minimum absolute atomic E-state index is 0.266. The van der Waals surface area contributed by atoms with Crippen LogP contribution in [-0.2, 0) is 4.79 Å². The molecule has 1 amide bonds. The Morgan fingerprint density at radius 3 is 2.56 bits per heavy atom. The van der Waals surface area contributed by atoms with Crippen LogP contribution in [0.5, 0.6) is 0 Å². The fraction of sp³-hybridized carbons (Fsp3) is 0.0833. The summed E-state index contributed by atoms with van der Waals surface area (Å²) in [6, 6.07) is 9.99. The SMILES string of the molecule is NC(=O)C(Nc1nccc(N)n1)c1ccccc1. The smallest absolute Gasteiger partial charge is 0.244 e. The maximum absolute atomic E-state index is 11.5. The van der Waals surface area contributed by atoms with Crippen molar-refractivity contribution in [2.24, 2.45) is 5.73 Å². The van der Waals surface area contributed by atoms with Gasteiger partial charge in [0.15, 0.2) is 0 Å². The van der Waals surface area contributed by atoms with E-state index in [2.05, 4.69) is 15.3 Å². The maximum Gasteiger partial charge on any atom is 0.244 e. The van der Waals surface area contributed by atoms with E-state index in [9.17, 15) is 4.79 Å². The van der Waals surface area contributed by atoms with Crippen LogP contribution in [0.25, 0.3) is 0 Å². The Morgan fingerprint density at radius 2 is 1.94 bits per heavy atom. The average molecular weight is 243 g/mol. The normalized spacial score (nSPS) is 11.8. The number of nitrogens with two attached hydrogens (primary N) is 2. The van der Waals surface area contributed by atoms with Crippen molar-refractivity contribution >= 4 is 17.7 Å². The van der Waals surface area contributed by atoms with Crippen LogP contribution in [0.1, 0.15) is 11.6 Å². The van der Waals surface area contributed by atoms with Gasteiger partial charge in [0.25, 0.3) is 0 Å². The molecule has 1 atom stereocenters. The molecule has 0 radical (unpaired) electrons. The van der Waals surface area contributed by atoms with Crippen LogP contribution in [0.3, 0.4) is 0 Å². The monoisotopic (exact) mass is 243 g/mol. The van der Waals surface area contributed by atoms with Crippen LogP contribution >= 0.6 is 0 Å². The molecule has 0 aliphatic heterocycles. The zero-order chi connectivity index (χ0) is 13.0. The van der Waals surface area contributed by atoms with Crippen molar-refractivity contribution in [3.63, 3.8) is 0 Å². The summed E-state index contributed by atoms with van der Waals surface area (Å²) < 4.78 is 0. The van der Waals surface area contributed by atoms with E-state index in [0.29, 0.717) is 5.82 Å². The molecule has 0 bridgehead atoms. The van der Waals surface area contributed by atoms with E-state index in [4.69, 9.17) is 11.5 Å². The van der Waals surface area contributed by atoms with Gasteiger partial charge >= 0.3 is 0 Å².